The minimum absolute atomic E-state index is 0.00777. The van der Waals surface area contributed by atoms with Crippen molar-refractivity contribution in [1.29, 1.82) is 0 Å². The summed E-state index contributed by atoms with van der Waals surface area (Å²) >= 11 is 0. The lowest BCUT2D eigenvalue weighted by Crippen LogP contribution is -2.68. The smallest absolute Gasteiger partial charge is 0.328 e. The van der Waals surface area contributed by atoms with Crippen LogP contribution in [0.5, 0.6) is 0 Å². The summed E-state index contributed by atoms with van der Waals surface area (Å²) in [6.07, 6.45) is 10.5. The van der Waals surface area contributed by atoms with Gasteiger partial charge < -0.3 is 25.2 Å². The van der Waals surface area contributed by atoms with Crippen LogP contribution in [0, 0.1) is 56.7 Å². The fourth-order valence-electron chi connectivity index (χ4n) is 13.4. The maximum atomic E-state index is 14.4. The number of aliphatic hydroxyl groups excluding tert-OH is 2. The van der Waals surface area contributed by atoms with Gasteiger partial charge in [0.2, 0.25) is 11.8 Å². The number of hydrogen-bond acceptors (Lipinski definition) is 6. The van der Waals surface area contributed by atoms with Crippen molar-refractivity contribution < 1.29 is 29.3 Å². The van der Waals surface area contributed by atoms with E-state index in [4.69, 9.17) is 4.74 Å². The summed E-state index contributed by atoms with van der Waals surface area (Å²) in [5.41, 5.74) is 0.396. The molecule has 46 heavy (non-hydrogen) atoms. The van der Waals surface area contributed by atoms with Gasteiger partial charge in [0.15, 0.2) is 0 Å². The number of aliphatic hydroxyl groups is 2. The van der Waals surface area contributed by atoms with E-state index < -0.39 is 23.0 Å². The SMILES string of the molecule is C=C(C)[C@@H]1CC[C@]2(C(=O)NCC(=O)N3CCC[C@H]3C(=O)OC)CC[C@]3(C)[C@H](CC[C@@H]4[C@@]5(C)CC[C@H](O)[C@@](C)(CO)[C@@H]5CC[C@]43C)[C@@H]12. The maximum Gasteiger partial charge on any atom is 0.328 e. The first-order valence-electron chi connectivity index (χ1n) is 18.2. The molecule has 5 saturated carbocycles. The van der Waals surface area contributed by atoms with Gasteiger partial charge in [-0.25, -0.2) is 4.79 Å². The molecule has 0 unspecified atom stereocenters. The van der Waals surface area contributed by atoms with Crippen molar-refractivity contribution in [1.82, 2.24) is 10.2 Å². The average Bonchev–Trinajstić information content (AvgIpc) is 3.68. The van der Waals surface area contributed by atoms with Crippen molar-refractivity contribution in [2.75, 3.05) is 26.8 Å². The van der Waals surface area contributed by atoms with Gasteiger partial charge in [-0.05, 0) is 130 Å². The highest BCUT2D eigenvalue weighted by atomic mass is 16.5. The predicted octanol–water partition coefficient (Wildman–Crippen LogP) is 5.26. The summed E-state index contributed by atoms with van der Waals surface area (Å²) in [6, 6.07) is -0.564. The van der Waals surface area contributed by atoms with Crippen LogP contribution in [0.15, 0.2) is 12.2 Å². The zero-order chi connectivity index (χ0) is 33.4. The second kappa shape index (κ2) is 11.6. The zero-order valence-corrected chi connectivity index (χ0v) is 29.3. The number of amides is 2. The first-order valence-corrected chi connectivity index (χ1v) is 18.2. The fraction of sp³-hybridized carbons (Fsp3) is 0.868. The second-order valence-electron chi connectivity index (χ2n) is 17.5. The standard InChI is InChI=1S/C38H60N2O6/c1-23(2)24-12-17-38(33(45)39-21-30(43)40-20-8-9-26(40)32(44)46-7)19-18-36(5)25(31(24)38)10-11-28-34(3)15-14-29(42)35(4,22-41)27(34)13-16-37(28,36)6/h24-29,31,41-42H,1,8-22H2,2-7H3,(H,39,45)/t24-,25+,26-,27+,28+,29-,31+,34-,35-,36+,37+,38-/m0/s1. The number of carbonyl (C=O) groups excluding carboxylic acids is 3. The Labute approximate surface area is 276 Å². The molecule has 258 valence electrons. The molecule has 0 bridgehead atoms. The quantitative estimate of drug-likeness (QED) is 0.270. The van der Waals surface area contributed by atoms with Gasteiger partial charge in [0.05, 0.1) is 31.8 Å². The van der Waals surface area contributed by atoms with Gasteiger partial charge in [0.1, 0.15) is 6.04 Å². The zero-order valence-electron chi connectivity index (χ0n) is 29.3. The van der Waals surface area contributed by atoms with Crippen LogP contribution in [0.1, 0.15) is 112 Å². The molecule has 1 aliphatic heterocycles. The minimum Gasteiger partial charge on any atom is -0.467 e. The number of nitrogens with one attached hydrogen (secondary N) is 1. The lowest BCUT2D eigenvalue weighted by Gasteiger charge is -2.73. The number of carbonyl (C=O) groups is 3. The Morgan fingerprint density at radius 1 is 0.913 bits per heavy atom. The summed E-state index contributed by atoms with van der Waals surface area (Å²) in [5, 5.41) is 24.8. The molecule has 6 rings (SSSR count). The molecule has 0 aromatic carbocycles. The van der Waals surface area contributed by atoms with E-state index in [9.17, 15) is 24.6 Å². The topological polar surface area (TPSA) is 116 Å². The van der Waals surface area contributed by atoms with Crippen LogP contribution < -0.4 is 5.32 Å². The summed E-state index contributed by atoms with van der Waals surface area (Å²) in [4.78, 5) is 41.6. The van der Waals surface area contributed by atoms with Crippen LogP contribution in [-0.4, -0.2) is 71.8 Å². The molecule has 3 N–H and O–H groups in total. The molecule has 1 saturated heterocycles. The molecule has 0 aromatic rings. The van der Waals surface area contributed by atoms with E-state index in [2.05, 4.69) is 46.5 Å². The van der Waals surface area contributed by atoms with E-state index in [1.54, 1.807) is 4.90 Å². The average molecular weight is 641 g/mol. The second-order valence-corrected chi connectivity index (χ2v) is 17.5. The largest absolute Gasteiger partial charge is 0.467 e. The van der Waals surface area contributed by atoms with Gasteiger partial charge in [-0.1, -0.05) is 39.8 Å². The summed E-state index contributed by atoms with van der Waals surface area (Å²) in [5.74, 6) is 1.06. The third-order valence-electron chi connectivity index (χ3n) is 16.1. The highest BCUT2D eigenvalue weighted by Gasteiger charge is 2.72. The molecular weight excluding hydrogens is 580 g/mol. The number of fused-ring (bicyclic) bond motifs is 7. The van der Waals surface area contributed by atoms with E-state index in [1.807, 2.05) is 0 Å². The third-order valence-corrected chi connectivity index (χ3v) is 16.1. The molecular formula is C38H60N2O6. The van der Waals surface area contributed by atoms with Gasteiger partial charge in [0, 0.05) is 12.0 Å². The van der Waals surface area contributed by atoms with Gasteiger partial charge in [-0.2, -0.15) is 0 Å². The number of ether oxygens (including phenoxy) is 1. The predicted molar refractivity (Wildman–Crippen MR) is 176 cm³/mol. The molecule has 6 fully saturated rings. The van der Waals surface area contributed by atoms with Gasteiger partial charge in [-0.15, -0.1) is 0 Å². The number of methoxy groups -OCH3 is 1. The number of likely N-dealkylation sites (tertiary alicyclic amines) is 1. The molecule has 12 atom stereocenters. The Hall–Kier alpha value is -1.93. The maximum absolute atomic E-state index is 14.4. The van der Waals surface area contributed by atoms with Crippen molar-refractivity contribution in [3.05, 3.63) is 12.2 Å². The minimum atomic E-state index is -0.564. The molecule has 2 amide bonds. The number of allylic oxidation sites excluding steroid dienone is 1. The summed E-state index contributed by atoms with van der Waals surface area (Å²) < 4.78 is 4.94. The molecule has 6 aliphatic rings. The van der Waals surface area contributed by atoms with Crippen LogP contribution in [0.2, 0.25) is 0 Å². The third kappa shape index (κ3) is 4.54. The van der Waals surface area contributed by atoms with Crippen molar-refractivity contribution in [3.8, 4) is 0 Å². The van der Waals surface area contributed by atoms with E-state index in [0.29, 0.717) is 30.7 Å². The number of esters is 1. The van der Waals surface area contributed by atoms with E-state index in [0.717, 1.165) is 70.6 Å². The Bertz CT molecular complexity index is 1270. The Balaban J connectivity index is 1.27. The lowest BCUT2D eigenvalue weighted by atomic mass is 9.32. The number of nitrogens with zero attached hydrogens (tertiary/aromatic N) is 1. The highest BCUT2D eigenvalue weighted by Crippen LogP contribution is 2.77. The van der Waals surface area contributed by atoms with Crippen LogP contribution in [0.4, 0.5) is 0 Å². The normalized spacial score (nSPS) is 48.0. The van der Waals surface area contributed by atoms with Gasteiger partial charge in [0.25, 0.3) is 0 Å². The van der Waals surface area contributed by atoms with Crippen LogP contribution in [-0.2, 0) is 19.1 Å². The molecule has 0 spiro atoms. The molecule has 5 aliphatic carbocycles. The molecule has 0 aromatic heterocycles. The fourth-order valence-corrected chi connectivity index (χ4v) is 13.4. The van der Waals surface area contributed by atoms with E-state index in [1.165, 1.54) is 12.7 Å². The summed E-state index contributed by atoms with van der Waals surface area (Å²) in [6.45, 7) is 16.7. The molecule has 8 nitrogen and oxygen atoms in total. The van der Waals surface area contributed by atoms with Gasteiger partial charge in [-0.3, -0.25) is 9.59 Å². The lowest BCUT2D eigenvalue weighted by molar-refractivity contribution is -0.252. The summed E-state index contributed by atoms with van der Waals surface area (Å²) in [7, 11) is 1.35. The van der Waals surface area contributed by atoms with Gasteiger partial charge >= 0.3 is 5.97 Å². The van der Waals surface area contributed by atoms with Crippen LogP contribution in [0.25, 0.3) is 0 Å². The Morgan fingerprint density at radius 2 is 1.65 bits per heavy atom. The molecule has 1 heterocycles. The van der Waals surface area contributed by atoms with E-state index in [-0.39, 0.29) is 59.0 Å². The number of hydrogen-bond donors (Lipinski definition) is 3. The molecule has 8 heteroatoms. The molecule has 0 radical (unpaired) electrons. The van der Waals surface area contributed by atoms with Crippen LogP contribution >= 0.6 is 0 Å². The first-order chi connectivity index (χ1) is 21.6. The van der Waals surface area contributed by atoms with Crippen molar-refractivity contribution in [2.45, 2.75) is 124 Å². The van der Waals surface area contributed by atoms with E-state index >= 15 is 0 Å². The number of rotatable bonds is 6. The Kier molecular flexibility index (Phi) is 8.56. The first kappa shape index (κ1) is 34.0. The van der Waals surface area contributed by atoms with Crippen LogP contribution in [0.3, 0.4) is 0 Å². The van der Waals surface area contributed by atoms with Crippen molar-refractivity contribution in [3.63, 3.8) is 0 Å². The van der Waals surface area contributed by atoms with Crippen molar-refractivity contribution in [2.24, 2.45) is 56.7 Å². The monoisotopic (exact) mass is 640 g/mol. The Morgan fingerprint density at radius 3 is 2.33 bits per heavy atom. The van der Waals surface area contributed by atoms with Crippen molar-refractivity contribution >= 4 is 17.8 Å². The highest BCUT2D eigenvalue weighted by molar-refractivity contribution is 5.91.